The number of methoxy groups -OCH3 is 1. The third-order valence-electron chi connectivity index (χ3n) is 4.56. The average molecular weight is 317 g/mol. The summed E-state index contributed by atoms with van der Waals surface area (Å²) in [5, 5.41) is 6.37. The SMILES string of the molecule is COc1ccccc1N1CC(C(=O)NC2CCNCC2)CC1=O. The molecule has 0 radical (unpaired) electrons. The van der Waals surface area contributed by atoms with Crippen LogP contribution in [0.4, 0.5) is 5.69 Å². The van der Waals surface area contributed by atoms with Gasteiger partial charge in [-0.15, -0.1) is 0 Å². The fourth-order valence-electron chi connectivity index (χ4n) is 3.25. The second kappa shape index (κ2) is 7.00. The molecule has 1 aromatic carbocycles. The van der Waals surface area contributed by atoms with Crippen molar-refractivity contribution in [3.05, 3.63) is 24.3 Å². The van der Waals surface area contributed by atoms with Crippen LogP contribution in [0, 0.1) is 5.92 Å². The maximum atomic E-state index is 12.4. The van der Waals surface area contributed by atoms with Gasteiger partial charge in [-0.3, -0.25) is 9.59 Å². The lowest BCUT2D eigenvalue weighted by Crippen LogP contribution is -2.45. The van der Waals surface area contributed by atoms with Gasteiger partial charge in [-0.2, -0.15) is 0 Å². The standard InChI is InChI=1S/C17H23N3O3/c1-23-15-5-3-2-4-14(15)20-11-12(10-16(20)21)17(22)19-13-6-8-18-9-7-13/h2-5,12-13,18H,6-11H2,1H3,(H,19,22). The van der Waals surface area contributed by atoms with E-state index in [1.54, 1.807) is 12.0 Å². The first-order valence-electron chi connectivity index (χ1n) is 8.13. The van der Waals surface area contributed by atoms with Crippen molar-refractivity contribution in [3.63, 3.8) is 0 Å². The maximum absolute atomic E-state index is 12.4. The minimum absolute atomic E-state index is 0.0114. The summed E-state index contributed by atoms with van der Waals surface area (Å²) in [6, 6.07) is 7.63. The van der Waals surface area contributed by atoms with E-state index in [-0.39, 0.29) is 30.2 Å². The van der Waals surface area contributed by atoms with E-state index in [4.69, 9.17) is 4.74 Å². The molecule has 2 saturated heterocycles. The highest BCUT2D eigenvalue weighted by Crippen LogP contribution is 2.32. The number of para-hydroxylation sites is 2. The zero-order valence-corrected chi connectivity index (χ0v) is 13.4. The van der Waals surface area contributed by atoms with Crippen LogP contribution in [0.15, 0.2) is 24.3 Å². The van der Waals surface area contributed by atoms with Crippen LogP contribution in [0.25, 0.3) is 0 Å². The van der Waals surface area contributed by atoms with Crippen LogP contribution < -0.4 is 20.3 Å². The van der Waals surface area contributed by atoms with Crippen molar-refractivity contribution in [3.8, 4) is 5.75 Å². The van der Waals surface area contributed by atoms with Gasteiger partial charge in [0.25, 0.3) is 0 Å². The van der Waals surface area contributed by atoms with Gasteiger partial charge in [0.15, 0.2) is 0 Å². The molecule has 1 atom stereocenters. The Hall–Kier alpha value is -2.08. The first kappa shape index (κ1) is 15.8. The summed E-state index contributed by atoms with van der Waals surface area (Å²) in [6.45, 7) is 2.28. The molecule has 6 heteroatoms. The van der Waals surface area contributed by atoms with Crippen molar-refractivity contribution < 1.29 is 14.3 Å². The number of hydrogen-bond acceptors (Lipinski definition) is 4. The molecule has 2 fully saturated rings. The van der Waals surface area contributed by atoms with Gasteiger partial charge >= 0.3 is 0 Å². The highest BCUT2D eigenvalue weighted by Gasteiger charge is 2.36. The van der Waals surface area contributed by atoms with Gasteiger partial charge in [0.2, 0.25) is 11.8 Å². The molecule has 0 saturated carbocycles. The number of anilines is 1. The Morgan fingerprint density at radius 3 is 2.78 bits per heavy atom. The van der Waals surface area contributed by atoms with Gasteiger partial charge in [-0.1, -0.05) is 12.1 Å². The lowest BCUT2D eigenvalue weighted by atomic mass is 10.0. The highest BCUT2D eigenvalue weighted by atomic mass is 16.5. The second-order valence-electron chi connectivity index (χ2n) is 6.11. The zero-order chi connectivity index (χ0) is 16.2. The van der Waals surface area contributed by atoms with Gasteiger partial charge in [-0.05, 0) is 38.1 Å². The third-order valence-corrected chi connectivity index (χ3v) is 4.56. The van der Waals surface area contributed by atoms with Gasteiger partial charge in [-0.25, -0.2) is 0 Å². The Labute approximate surface area is 136 Å². The first-order chi connectivity index (χ1) is 11.2. The smallest absolute Gasteiger partial charge is 0.227 e. The summed E-state index contributed by atoms with van der Waals surface area (Å²) in [4.78, 5) is 26.4. The number of carbonyl (C=O) groups excluding carboxylic acids is 2. The van der Waals surface area contributed by atoms with Crippen LogP contribution in [0.3, 0.4) is 0 Å². The van der Waals surface area contributed by atoms with Crippen molar-refractivity contribution in [1.29, 1.82) is 0 Å². The van der Waals surface area contributed by atoms with Crippen LogP contribution in [-0.2, 0) is 9.59 Å². The number of carbonyl (C=O) groups is 2. The van der Waals surface area contributed by atoms with Gasteiger partial charge in [0, 0.05) is 19.0 Å². The average Bonchev–Trinajstić information content (AvgIpc) is 2.97. The Bertz CT molecular complexity index is 584. The van der Waals surface area contributed by atoms with E-state index in [9.17, 15) is 9.59 Å². The van der Waals surface area contributed by atoms with Crippen molar-refractivity contribution in [2.75, 3.05) is 31.6 Å². The molecule has 1 unspecified atom stereocenters. The largest absolute Gasteiger partial charge is 0.495 e. The van der Waals surface area contributed by atoms with E-state index in [2.05, 4.69) is 10.6 Å². The molecule has 1 aromatic rings. The van der Waals surface area contributed by atoms with Crippen LogP contribution in [0.1, 0.15) is 19.3 Å². The number of hydrogen-bond donors (Lipinski definition) is 2. The van der Waals surface area contributed by atoms with Gasteiger partial charge in [0.1, 0.15) is 5.75 Å². The van der Waals surface area contributed by atoms with Crippen LogP contribution in [-0.4, -0.2) is 44.6 Å². The fourth-order valence-corrected chi connectivity index (χ4v) is 3.25. The number of ether oxygens (including phenoxy) is 1. The van der Waals surface area contributed by atoms with E-state index in [0.717, 1.165) is 31.6 Å². The lowest BCUT2D eigenvalue weighted by Gasteiger charge is -2.25. The summed E-state index contributed by atoms with van der Waals surface area (Å²) in [6.07, 6.45) is 2.15. The molecule has 0 bridgehead atoms. The summed E-state index contributed by atoms with van der Waals surface area (Å²) in [7, 11) is 1.58. The molecule has 23 heavy (non-hydrogen) atoms. The summed E-state index contributed by atoms with van der Waals surface area (Å²) in [5.41, 5.74) is 0.733. The van der Waals surface area contributed by atoms with Crippen molar-refractivity contribution in [2.24, 2.45) is 5.92 Å². The van der Waals surface area contributed by atoms with E-state index >= 15 is 0 Å². The van der Waals surface area contributed by atoms with E-state index in [0.29, 0.717) is 12.3 Å². The van der Waals surface area contributed by atoms with Crippen molar-refractivity contribution in [2.45, 2.75) is 25.3 Å². The summed E-state index contributed by atoms with van der Waals surface area (Å²) >= 11 is 0. The third kappa shape index (κ3) is 3.47. The molecule has 0 spiro atoms. The zero-order valence-electron chi connectivity index (χ0n) is 13.4. The fraction of sp³-hybridized carbons (Fsp3) is 0.529. The van der Waals surface area contributed by atoms with E-state index < -0.39 is 0 Å². The van der Waals surface area contributed by atoms with E-state index in [1.165, 1.54) is 0 Å². The van der Waals surface area contributed by atoms with Crippen LogP contribution in [0.5, 0.6) is 5.75 Å². The van der Waals surface area contributed by atoms with E-state index in [1.807, 2.05) is 24.3 Å². The molecule has 0 aliphatic carbocycles. The van der Waals surface area contributed by atoms with Gasteiger partial charge < -0.3 is 20.3 Å². The maximum Gasteiger partial charge on any atom is 0.227 e. The number of nitrogens with one attached hydrogen (secondary N) is 2. The molecule has 3 rings (SSSR count). The Balaban J connectivity index is 1.66. The van der Waals surface area contributed by atoms with Crippen LogP contribution >= 0.6 is 0 Å². The predicted octanol–water partition coefficient (Wildman–Crippen LogP) is 0.916. The molecule has 6 nitrogen and oxygen atoms in total. The molecule has 0 aromatic heterocycles. The number of rotatable bonds is 4. The molecular formula is C17H23N3O3. The minimum atomic E-state index is -0.290. The molecule has 2 N–H and O–H groups in total. The quantitative estimate of drug-likeness (QED) is 0.866. The normalized spacial score (nSPS) is 22.2. The minimum Gasteiger partial charge on any atom is -0.495 e. The summed E-state index contributed by atoms with van der Waals surface area (Å²) in [5.74, 6) is 0.324. The Morgan fingerprint density at radius 1 is 1.30 bits per heavy atom. The summed E-state index contributed by atoms with van der Waals surface area (Å²) < 4.78 is 5.32. The molecular weight excluding hydrogens is 294 g/mol. The number of amides is 2. The van der Waals surface area contributed by atoms with Crippen molar-refractivity contribution >= 4 is 17.5 Å². The van der Waals surface area contributed by atoms with Crippen molar-refractivity contribution in [1.82, 2.24) is 10.6 Å². The second-order valence-corrected chi connectivity index (χ2v) is 6.11. The first-order valence-corrected chi connectivity index (χ1v) is 8.13. The Kier molecular flexibility index (Phi) is 4.81. The topological polar surface area (TPSA) is 70.7 Å². The number of benzene rings is 1. The molecule has 2 amide bonds. The number of piperidine rings is 1. The Morgan fingerprint density at radius 2 is 2.04 bits per heavy atom. The predicted molar refractivity (Wildman–Crippen MR) is 87.5 cm³/mol. The van der Waals surface area contributed by atoms with Gasteiger partial charge in [0.05, 0.1) is 18.7 Å². The number of nitrogens with zero attached hydrogens (tertiary/aromatic N) is 1. The molecule has 2 aliphatic rings. The molecule has 2 heterocycles. The molecule has 124 valence electrons. The highest BCUT2D eigenvalue weighted by molar-refractivity contribution is 6.01. The lowest BCUT2D eigenvalue weighted by molar-refractivity contribution is -0.127. The molecule has 2 aliphatic heterocycles. The van der Waals surface area contributed by atoms with Crippen LogP contribution in [0.2, 0.25) is 0 Å². The monoisotopic (exact) mass is 317 g/mol.